The predicted molar refractivity (Wildman–Crippen MR) is 75.1 cm³/mol. The van der Waals surface area contributed by atoms with Gasteiger partial charge in [-0.05, 0) is 17.0 Å². The van der Waals surface area contributed by atoms with Gasteiger partial charge in [0.05, 0.1) is 6.61 Å². The smallest absolute Gasteiger partial charge is 0.171 e. The first-order valence-corrected chi connectivity index (χ1v) is 7.31. The number of hydrogen-bond acceptors (Lipinski definition) is 3. The standard InChI is InChI=1S/C16H23NO2/c1-12(2)13-3-5-14(6-4-13)15-11-18-16(19-15)7-9-17-10-8-16/h3-6,12,15,17H,7-11H2,1-2H3. The molecule has 3 rings (SSSR count). The molecule has 0 aromatic heterocycles. The molecule has 2 aliphatic heterocycles. The van der Waals surface area contributed by atoms with Gasteiger partial charge in [0, 0.05) is 25.9 Å². The summed E-state index contributed by atoms with van der Waals surface area (Å²) < 4.78 is 12.2. The molecule has 1 aromatic carbocycles. The first-order valence-electron chi connectivity index (χ1n) is 7.31. The molecule has 104 valence electrons. The summed E-state index contributed by atoms with van der Waals surface area (Å²) in [5, 5.41) is 3.35. The van der Waals surface area contributed by atoms with Crippen LogP contribution in [0.25, 0.3) is 0 Å². The lowest BCUT2D eigenvalue weighted by Gasteiger charge is -2.32. The van der Waals surface area contributed by atoms with E-state index in [-0.39, 0.29) is 11.9 Å². The minimum atomic E-state index is -0.327. The molecule has 3 nitrogen and oxygen atoms in total. The van der Waals surface area contributed by atoms with Gasteiger partial charge < -0.3 is 14.8 Å². The fraction of sp³-hybridized carbons (Fsp3) is 0.625. The van der Waals surface area contributed by atoms with Crippen LogP contribution >= 0.6 is 0 Å². The molecule has 2 fully saturated rings. The minimum absolute atomic E-state index is 0.0966. The van der Waals surface area contributed by atoms with Gasteiger partial charge in [-0.15, -0.1) is 0 Å². The van der Waals surface area contributed by atoms with Crippen LogP contribution in [0.1, 0.15) is 49.8 Å². The highest BCUT2D eigenvalue weighted by Gasteiger charge is 2.42. The van der Waals surface area contributed by atoms with Crippen molar-refractivity contribution in [3.05, 3.63) is 35.4 Å². The van der Waals surface area contributed by atoms with E-state index in [1.807, 2.05) is 0 Å². The zero-order chi connectivity index (χ0) is 13.3. The number of rotatable bonds is 2. The zero-order valence-electron chi connectivity index (χ0n) is 11.8. The van der Waals surface area contributed by atoms with Crippen molar-refractivity contribution in [2.24, 2.45) is 0 Å². The lowest BCUT2D eigenvalue weighted by atomic mass is 10.00. The Bertz CT molecular complexity index is 421. The molecule has 0 radical (unpaired) electrons. The third-order valence-electron chi connectivity index (χ3n) is 4.20. The Morgan fingerprint density at radius 3 is 2.47 bits per heavy atom. The van der Waals surface area contributed by atoms with Crippen molar-refractivity contribution in [3.8, 4) is 0 Å². The van der Waals surface area contributed by atoms with Gasteiger partial charge in [-0.25, -0.2) is 0 Å². The molecule has 3 heteroatoms. The molecule has 19 heavy (non-hydrogen) atoms. The van der Waals surface area contributed by atoms with Crippen LogP contribution in [0.2, 0.25) is 0 Å². The average Bonchev–Trinajstić information content (AvgIpc) is 2.83. The molecule has 1 aromatic rings. The molecule has 1 atom stereocenters. The predicted octanol–water partition coefficient (Wildman–Crippen LogP) is 2.98. The van der Waals surface area contributed by atoms with Crippen molar-refractivity contribution in [3.63, 3.8) is 0 Å². The number of piperidine rings is 1. The molecular weight excluding hydrogens is 238 g/mol. The van der Waals surface area contributed by atoms with Crippen molar-refractivity contribution in [1.29, 1.82) is 0 Å². The van der Waals surface area contributed by atoms with Crippen LogP contribution in [0.15, 0.2) is 24.3 Å². The number of hydrogen-bond donors (Lipinski definition) is 1. The van der Waals surface area contributed by atoms with Gasteiger partial charge in [0.2, 0.25) is 0 Å². The maximum atomic E-state index is 6.21. The fourth-order valence-corrected chi connectivity index (χ4v) is 2.88. The summed E-state index contributed by atoms with van der Waals surface area (Å²) in [5.74, 6) is 0.248. The van der Waals surface area contributed by atoms with Crippen LogP contribution in [0.3, 0.4) is 0 Å². The molecule has 2 heterocycles. The van der Waals surface area contributed by atoms with Crippen LogP contribution in [0, 0.1) is 0 Å². The van der Waals surface area contributed by atoms with E-state index in [0.29, 0.717) is 12.5 Å². The first-order chi connectivity index (χ1) is 9.19. The Labute approximate surface area is 115 Å². The van der Waals surface area contributed by atoms with E-state index in [2.05, 4.69) is 43.4 Å². The number of benzene rings is 1. The van der Waals surface area contributed by atoms with E-state index in [9.17, 15) is 0 Å². The Kier molecular flexibility index (Phi) is 3.61. The second-order valence-corrected chi connectivity index (χ2v) is 5.90. The van der Waals surface area contributed by atoms with Crippen molar-refractivity contribution in [2.45, 2.75) is 44.5 Å². The fourth-order valence-electron chi connectivity index (χ4n) is 2.88. The van der Waals surface area contributed by atoms with Crippen LogP contribution < -0.4 is 5.32 Å². The van der Waals surface area contributed by atoms with Crippen LogP contribution in [0.5, 0.6) is 0 Å². The topological polar surface area (TPSA) is 30.5 Å². The summed E-state index contributed by atoms with van der Waals surface area (Å²) in [4.78, 5) is 0. The van der Waals surface area contributed by atoms with E-state index in [1.165, 1.54) is 11.1 Å². The summed E-state index contributed by atoms with van der Waals surface area (Å²) in [6.45, 7) is 7.08. The molecule has 0 bridgehead atoms. The van der Waals surface area contributed by atoms with Gasteiger partial charge in [-0.1, -0.05) is 38.1 Å². The lowest BCUT2D eigenvalue weighted by molar-refractivity contribution is -0.183. The Morgan fingerprint density at radius 2 is 1.84 bits per heavy atom. The van der Waals surface area contributed by atoms with E-state index in [4.69, 9.17) is 9.47 Å². The summed E-state index contributed by atoms with van der Waals surface area (Å²) >= 11 is 0. The van der Waals surface area contributed by atoms with Crippen molar-refractivity contribution >= 4 is 0 Å². The summed E-state index contributed by atoms with van der Waals surface area (Å²) in [6.07, 6.45) is 2.00. The molecule has 2 aliphatic rings. The molecule has 0 amide bonds. The Hall–Kier alpha value is -0.900. The quantitative estimate of drug-likeness (QED) is 0.888. The van der Waals surface area contributed by atoms with Gasteiger partial charge in [0.25, 0.3) is 0 Å². The van der Waals surface area contributed by atoms with Crippen LogP contribution in [0.4, 0.5) is 0 Å². The highest BCUT2D eigenvalue weighted by atomic mass is 16.7. The third kappa shape index (κ3) is 2.69. The third-order valence-corrected chi connectivity index (χ3v) is 4.20. The monoisotopic (exact) mass is 261 g/mol. The summed E-state index contributed by atoms with van der Waals surface area (Å²) in [5.41, 5.74) is 2.61. The molecule has 1 N–H and O–H groups in total. The Morgan fingerprint density at radius 1 is 1.16 bits per heavy atom. The normalized spacial score (nSPS) is 26.2. The largest absolute Gasteiger partial charge is 0.347 e. The average molecular weight is 261 g/mol. The highest BCUT2D eigenvalue weighted by Crippen LogP contribution is 2.38. The van der Waals surface area contributed by atoms with Crippen molar-refractivity contribution in [2.75, 3.05) is 19.7 Å². The Balaban J connectivity index is 1.70. The SMILES string of the molecule is CC(C)c1ccc(C2COC3(CCNCC3)O2)cc1. The van der Waals surface area contributed by atoms with Gasteiger partial charge in [-0.2, -0.15) is 0 Å². The number of ether oxygens (including phenoxy) is 2. The molecule has 0 saturated carbocycles. The highest BCUT2D eigenvalue weighted by molar-refractivity contribution is 5.26. The first kappa shape index (κ1) is 13.1. The van der Waals surface area contributed by atoms with Crippen LogP contribution in [-0.4, -0.2) is 25.5 Å². The minimum Gasteiger partial charge on any atom is -0.347 e. The number of nitrogens with one attached hydrogen (secondary N) is 1. The summed E-state index contributed by atoms with van der Waals surface area (Å²) in [7, 11) is 0. The second kappa shape index (κ2) is 5.23. The van der Waals surface area contributed by atoms with Crippen LogP contribution in [-0.2, 0) is 9.47 Å². The molecule has 2 saturated heterocycles. The van der Waals surface area contributed by atoms with Gasteiger partial charge >= 0.3 is 0 Å². The van der Waals surface area contributed by atoms with E-state index >= 15 is 0 Å². The van der Waals surface area contributed by atoms with Crippen molar-refractivity contribution in [1.82, 2.24) is 5.32 Å². The molecule has 1 unspecified atom stereocenters. The van der Waals surface area contributed by atoms with E-state index in [1.54, 1.807) is 0 Å². The molecular formula is C16H23NO2. The lowest BCUT2D eigenvalue weighted by Crippen LogP contribution is -2.42. The zero-order valence-corrected chi connectivity index (χ0v) is 11.8. The van der Waals surface area contributed by atoms with E-state index in [0.717, 1.165) is 25.9 Å². The van der Waals surface area contributed by atoms with Gasteiger partial charge in [0.15, 0.2) is 5.79 Å². The summed E-state index contributed by atoms with van der Waals surface area (Å²) in [6, 6.07) is 8.78. The van der Waals surface area contributed by atoms with Gasteiger partial charge in [-0.3, -0.25) is 0 Å². The maximum absolute atomic E-state index is 6.21. The second-order valence-electron chi connectivity index (χ2n) is 5.90. The van der Waals surface area contributed by atoms with Gasteiger partial charge in [0.1, 0.15) is 6.10 Å². The van der Waals surface area contributed by atoms with Crippen molar-refractivity contribution < 1.29 is 9.47 Å². The van der Waals surface area contributed by atoms with E-state index < -0.39 is 0 Å². The molecule has 1 spiro atoms. The molecule has 0 aliphatic carbocycles. The maximum Gasteiger partial charge on any atom is 0.171 e.